The molecule has 0 aliphatic carbocycles. The van der Waals surface area contributed by atoms with Crippen LogP contribution in [0.3, 0.4) is 0 Å². The minimum absolute atomic E-state index is 0.113. The van der Waals surface area contributed by atoms with Gasteiger partial charge in [-0.3, -0.25) is 4.79 Å². The summed E-state index contributed by atoms with van der Waals surface area (Å²) >= 11 is 1.02. The summed E-state index contributed by atoms with van der Waals surface area (Å²) < 4.78 is 10.5. The lowest BCUT2D eigenvalue weighted by Crippen LogP contribution is -2.16. The molecule has 0 spiro atoms. The van der Waals surface area contributed by atoms with Crippen molar-refractivity contribution in [3.63, 3.8) is 0 Å². The number of amides is 1. The Bertz CT molecular complexity index is 1060. The van der Waals surface area contributed by atoms with Crippen molar-refractivity contribution >= 4 is 34.2 Å². The lowest BCUT2D eigenvalue weighted by molar-refractivity contribution is -0.115. The lowest BCUT2D eigenvalue weighted by Gasteiger charge is -2.07. The summed E-state index contributed by atoms with van der Waals surface area (Å²) in [6.45, 7) is 3.64. The zero-order valence-corrected chi connectivity index (χ0v) is 18.2. The first kappa shape index (κ1) is 22.2. The van der Waals surface area contributed by atoms with Gasteiger partial charge in [-0.2, -0.15) is 0 Å². The maximum absolute atomic E-state index is 12.7. The number of benzene rings is 2. The van der Waals surface area contributed by atoms with Crippen molar-refractivity contribution in [2.45, 2.75) is 26.9 Å². The maximum Gasteiger partial charge on any atom is 0.349 e. The average molecular weight is 438 g/mol. The van der Waals surface area contributed by atoms with Gasteiger partial charge in [0.25, 0.3) is 0 Å². The van der Waals surface area contributed by atoms with E-state index >= 15 is 0 Å². The highest BCUT2D eigenvalue weighted by Crippen LogP contribution is 2.34. The monoisotopic (exact) mass is 437 g/mol. The second-order valence-corrected chi connectivity index (χ2v) is 7.77. The smallest absolute Gasteiger partial charge is 0.349 e. The Morgan fingerprint density at radius 3 is 2.10 bits per heavy atom. The molecule has 3 aromatic rings. The maximum atomic E-state index is 12.7. The number of hydrogen-bond donors (Lipinski definition) is 1. The number of hydrogen-bond acceptors (Lipinski definition) is 6. The molecule has 1 amide bonds. The molecule has 0 bridgehead atoms. The standard InChI is InChI=1S/C24H23NO5S/c1-3-29-23(27)20-16(2)21(24(28)30-15-18-12-8-5-9-13-18)31-22(20)25-19(26)14-17-10-6-4-7-11-17/h4-13H,3,14-15H2,1-2H3,(H,25,26). The molecule has 0 saturated carbocycles. The number of nitrogens with one attached hydrogen (secondary N) is 1. The first-order chi connectivity index (χ1) is 15.0. The van der Waals surface area contributed by atoms with Crippen molar-refractivity contribution in [3.8, 4) is 0 Å². The van der Waals surface area contributed by atoms with Gasteiger partial charge in [0.2, 0.25) is 5.91 Å². The summed E-state index contributed by atoms with van der Waals surface area (Å²) in [7, 11) is 0. The molecule has 6 nitrogen and oxygen atoms in total. The van der Waals surface area contributed by atoms with Gasteiger partial charge >= 0.3 is 11.9 Å². The number of ether oxygens (including phenoxy) is 2. The van der Waals surface area contributed by atoms with Crippen molar-refractivity contribution in [1.82, 2.24) is 0 Å². The van der Waals surface area contributed by atoms with Crippen LogP contribution < -0.4 is 5.32 Å². The van der Waals surface area contributed by atoms with Crippen molar-refractivity contribution in [1.29, 1.82) is 0 Å². The summed E-state index contributed by atoms with van der Waals surface area (Å²) in [4.78, 5) is 38.0. The van der Waals surface area contributed by atoms with Crippen molar-refractivity contribution in [2.24, 2.45) is 0 Å². The van der Waals surface area contributed by atoms with E-state index in [1.54, 1.807) is 13.8 Å². The second-order valence-electron chi connectivity index (χ2n) is 6.75. The molecule has 0 aliphatic heterocycles. The Morgan fingerprint density at radius 1 is 0.871 bits per heavy atom. The fraction of sp³-hybridized carbons (Fsp3) is 0.208. The molecule has 0 fully saturated rings. The van der Waals surface area contributed by atoms with Crippen LogP contribution in [0.25, 0.3) is 0 Å². The number of rotatable bonds is 8. The lowest BCUT2D eigenvalue weighted by atomic mass is 10.1. The van der Waals surface area contributed by atoms with E-state index < -0.39 is 11.9 Å². The highest BCUT2D eigenvalue weighted by Gasteiger charge is 2.27. The Labute approximate surface area is 184 Å². The SMILES string of the molecule is CCOC(=O)c1c(NC(=O)Cc2ccccc2)sc(C(=O)OCc2ccccc2)c1C. The predicted octanol–water partition coefficient (Wildman–Crippen LogP) is 4.77. The third kappa shape index (κ3) is 5.79. The highest BCUT2D eigenvalue weighted by molar-refractivity contribution is 7.18. The topological polar surface area (TPSA) is 81.7 Å². The van der Waals surface area contributed by atoms with Gasteiger partial charge in [0, 0.05) is 0 Å². The molecule has 0 saturated heterocycles. The fourth-order valence-electron chi connectivity index (χ4n) is 2.99. The summed E-state index contributed by atoms with van der Waals surface area (Å²) in [5.41, 5.74) is 2.30. The Morgan fingerprint density at radius 2 is 1.48 bits per heavy atom. The highest BCUT2D eigenvalue weighted by atomic mass is 32.1. The van der Waals surface area contributed by atoms with Crippen LogP contribution in [-0.2, 0) is 27.3 Å². The minimum Gasteiger partial charge on any atom is -0.462 e. The van der Waals surface area contributed by atoms with Crippen LogP contribution in [0.2, 0.25) is 0 Å². The van der Waals surface area contributed by atoms with Crippen LogP contribution in [0.15, 0.2) is 60.7 Å². The Balaban J connectivity index is 1.81. The number of anilines is 1. The van der Waals surface area contributed by atoms with E-state index in [9.17, 15) is 14.4 Å². The first-order valence-corrected chi connectivity index (χ1v) is 10.7. The number of thiophene rings is 1. The normalized spacial score (nSPS) is 10.4. The van der Waals surface area contributed by atoms with Crippen LogP contribution in [0.1, 0.15) is 43.6 Å². The molecule has 0 radical (unpaired) electrons. The molecule has 7 heteroatoms. The second kappa shape index (κ2) is 10.5. The third-order valence-electron chi connectivity index (χ3n) is 4.48. The molecule has 3 rings (SSSR count). The number of esters is 2. The van der Waals surface area contributed by atoms with E-state index in [0.29, 0.717) is 5.56 Å². The van der Waals surface area contributed by atoms with Gasteiger partial charge in [0.05, 0.1) is 18.6 Å². The largest absolute Gasteiger partial charge is 0.462 e. The molecule has 1 N–H and O–H groups in total. The Kier molecular flexibility index (Phi) is 7.56. The van der Waals surface area contributed by atoms with Crippen molar-refractivity contribution < 1.29 is 23.9 Å². The summed E-state index contributed by atoms with van der Waals surface area (Å²) in [6, 6.07) is 18.6. The molecule has 160 valence electrons. The van der Waals surface area contributed by atoms with Gasteiger partial charge in [0.1, 0.15) is 16.5 Å². The summed E-state index contributed by atoms with van der Waals surface area (Å²) in [5.74, 6) is -1.43. The molecular weight excluding hydrogens is 414 g/mol. The van der Waals surface area contributed by atoms with E-state index in [-0.39, 0.29) is 41.0 Å². The van der Waals surface area contributed by atoms with E-state index in [1.807, 2.05) is 60.7 Å². The molecule has 0 aliphatic rings. The van der Waals surface area contributed by atoms with Crippen molar-refractivity contribution in [2.75, 3.05) is 11.9 Å². The number of carbonyl (C=O) groups excluding carboxylic acids is 3. The average Bonchev–Trinajstić information content (AvgIpc) is 3.09. The Hall–Kier alpha value is -3.45. The number of carbonyl (C=O) groups is 3. The molecule has 31 heavy (non-hydrogen) atoms. The van der Waals surface area contributed by atoms with Gasteiger partial charge in [-0.05, 0) is 30.5 Å². The summed E-state index contributed by atoms with van der Waals surface area (Å²) in [5, 5.41) is 3.04. The van der Waals surface area contributed by atoms with Crippen LogP contribution in [0, 0.1) is 6.92 Å². The minimum atomic E-state index is -0.589. The van der Waals surface area contributed by atoms with Gasteiger partial charge < -0.3 is 14.8 Å². The molecule has 0 unspecified atom stereocenters. The quantitative estimate of drug-likeness (QED) is 0.513. The van der Waals surface area contributed by atoms with Gasteiger partial charge in [0.15, 0.2) is 0 Å². The van der Waals surface area contributed by atoms with Crippen LogP contribution in [0.5, 0.6) is 0 Å². The van der Waals surface area contributed by atoms with Crippen LogP contribution in [-0.4, -0.2) is 24.5 Å². The molecule has 0 atom stereocenters. The van der Waals surface area contributed by atoms with Gasteiger partial charge in [-0.15, -0.1) is 11.3 Å². The van der Waals surface area contributed by atoms with E-state index in [2.05, 4.69) is 5.32 Å². The van der Waals surface area contributed by atoms with E-state index in [1.165, 1.54) is 0 Å². The van der Waals surface area contributed by atoms with Gasteiger partial charge in [-0.1, -0.05) is 60.7 Å². The zero-order chi connectivity index (χ0) is 22.2. The van der Waals surface area contributed by atoms with Crippen LogP contribution >= 0.6 is 11.3 Å². The van der Waals surface area contributed by atoms with Gasteiger partial charge in [-0.25, -0.2) is 9.59 Å². The first-order valence-electron chi connectivity index (χ1n) is 9.85. The third-order valence-corrected chi connectivity index (χ3v) is 5.67. The molecular formula is C24H23NO5S. The van der Waals surface area contributed by atoms with E-state index in [0.717, 1.165) is 22.5 Å². The predicted molar refractivity (Wildman–Crippen MR) is 119 cm³/mol. The molecule has 2 aromatic carbocycles. The molecule has 1 aromatic heterocycles. The van der Waals surface area contributed by atoms with E-state index in [4.69, 9.17) is 9.47 Å². The van der Waals surface area contributed by atoms with Crippen molar-refractivity contribution in [3.05, 3.63) is 87.8 Å². The van der Waals surface area contributed by atoms with Crippen LogP contribution in [0.4, 0.5) is 5.00 Å². The zero-order valence-electron chi connectivity index (χ0n) is 17.3. The summed E-state index contributed by atoms with van der Waals surface area (Å²) in [6.07, 6.45) is 0.147. The fourth-order valence-corrected chi connectivity index (χ4v) is 4.09. The molecule has 1 heterocycles.